The molecule has 8 nitrogen and oxygen atoms in total. The smallest absolute Gasteiger partial charge is 0.320 e. The topological polar surface area (TPSA) is 131 Å². The van der Waals surface area contributed by atoms with Crippen LogP contribution in [-0.2, 0) is 19.7 Å². The van der Waals surface area contributed by atoms with E-state index in [9.17, 15) is 13.2 Å². The van der Waals surface area contributed by atoms with Crippen LogP contribution in [0.15, 0.2) is 0 Å². The molecule has 0 saturated carbocycles. The van der Waals surface area contributed by atoms with E-state index < -0.39 is 22.2 Å². The summed E-state index contributed by atoms with van der Waals surface area (Å²) in [6, 6.07) is -1.19. The van der Waals surface area contributed by atoms with Crippen molar-refractivity contribution in [2.75, 3.05) is 19.8 Å². The molecule has 0 spiro atoms. The summed E-state index contributed by atoms with van der Waals surface area (Å²) < 4.78 is 33.1. The highest BCUT2D eigenvalue weighted by Crippen LogP contribution is 2.06. The zero-order valence-corrected chi connectivity index (χ0v) is 10.8. The molecule has 0 unspecified atom stereocenters. The molecule has 0 aromatic heterocycles. The maximum Gasteiger partial charge on any atom is 0.320 e. The van der Waals surface area contributed by atoms with Crippen molar-refractivity contribution in [1.29, 1.82) is 0 Å². The Bertz CT molecular complexity index is 366. The fourth-order valence-electron chi connectivity index (χ4n) is 1.55. The number of hydrogen-bond donors (Lipinski definition) is 4. The summed E-state index contributed by atoms with van der Waals surface area (Å²) in [6.07, 6.45) is 1.31. The average Bonchev–Trinajstić information content (AvgIpc) is 2.29. The van der Waals surface area contributed by atoms with Crippen molar-refractivity contribution in [3.05, 3.63) is 0 Å². The van der Waals surface area contributed by atoms with Gasteiger partial charge in [0.05, 0.1) is 0 Å². The number of carboxylic acid groups (broad SMARTS) is 1. The fraction of sp³-hybridized carbons (Fsp3) is 0.889. The Labute approximate surface area is 106 Å². The minimum atomic E-state index is -3.61. The van der Waals surface area contributed by atoms with Gasteiger partial charge in [0.25, 0.3) is 10.2 Å². The Balaban J connectivity index is 2.28. The van der Waals surface area contributed by atoms with Gasteiger partial charge in [0.15, 0.2) is 0 Å². The van der Waals surface area contributed by atoms with Crippen LogP contribution in [0.1, 0.15) is 19.3 Å². The lowest BCUT2D eigenvalue weighted by Gasteiger charge is -2.23. The van der Waals surface area contributed by atoms with Crippen LogP contribution in [0.25, 0.3) is 0 Å². The van der Waals surface area contributed by atoms with Gasteiger partial charge in [0.1, 0.15) is 6.04 Å². The van der Waals surface area contributed by atoms with Gasteiger partial charge in [0.2, 0.25) is 0 Å². The standard InChI is InChI=1S/C9H19N3O5S/c10-8(9(13)14)1-4-11-18(15,16)12-7-2-5-17-6-3-7/h7-8,11-12H,1-6,10H2,(H,13,14)/t8-/m0/s1. The number of nitrogens with two attached hydrogens (primary N) is 1. The van der Waals surface area contributed by atoms with E-state index in [0.717, 1.165) is 0 Å². The molecule has 9 heteroatoms. The summed E-state index contributed by atoms with van der Waals surface area (Å²) in [5.74, 6) is -1.15. The van der Waals surface area contributed by atoms with E-state index in [1.54, 1.807) is 0 Å². The molecule has 106 valence electrons. The Morgan fingerprint density at radius 3 is 2.61 bits per heavy atom. The summed E-state index contributed by atoms with van der Waals surface area (Å²) >= 11 is 0. The molecule has 1 atom stereocenters. The van der Waals surface area contributed by atoms with Crippen molar-refractivity contribution < 1.29 is 23.1 Å². The number of rotatable bonds is 7. The lowest BCUT2D eigenvalue weighted by Crippen LogP contribution is -2.46. The first kappa shape index (κ1) is 15.3. The molecule has 0 aromatic carbocycles. The van der Waals surface area contributed by atoms with Crippen LogP contribution in [0.2, 0.25) is 0 Å². The SMILES string of the molecule is N[C@@H](CCNS(=O)(=O)NC1CCOCC1)C(=O)O. The number of ether oxygens (including phenoxy) is 1. The number of carbonyl (C=O) groups is 1. The van der Waals surface area contributed by atoms with Crippen molar-refractivity contribution in [2.24, 2.45) is 5.73 Å². The van der Waals surface area contributed by atoms with E-state index >= 15 is 0 Å². The van der Waals surface area contributed by atoms with Crippen molar-refractivity contribution in [2.45, 2.75) is 31.3 Å². The van der Waals surface area contributed by atoms with Gasteiger partial charge in [-0.3, -0.25) is 4.79 Å². The molecule has 1 saturated heterocycles. The first-order chi connectivity index (χ1) is 8.41. The van der Waals surface area contributed by atoms with E-state index in [-0.39, 0.29) is 19.0 Å². The fourth-order valence-corrected chi connectivity index (χ4v) is 2.69. The number of hydrogen-bond acceptors (Lipinski definition) is 5. The molecule has 5 N–H and O–H groups in total. The third kappa shape index (κ3) is 5.74. The van der Waals surface area contributed by atoms with Crippen LogP contribution in [-0.4, -0.2) is 51.3 Å². The molecule has 0 radical (unpaired) electrons. The molecule has 0 bridgehead atoms. The van der Waals surface area contributed by atoms with Crippen LogP contribution < -0.4 is 15.2 Å². The summed E-state index contributed by atoms with van der Waals surface area (Å²) in [5.41, 5.74) is 5.26. The van der Waals surface area contributed by atoms with E-state index in [4.69, 9.17) is 15.6 Å². The minimum absolute atomic E-state index is 0.00792. The van der Waals surface area contributed by atoms with Crippen molar-refractivity contribution in [1.82, 2.24) is 9.44 Å². The molecule has 1 heterocycles. The Morgan fingerprint density at radius 1 is 1.44 bits per heavy atom. The summed E-state index contributed by atoms with van der Waals surface area (Å²) in [6.45, 7) is 1.07. The monoisotopic (exact) mass is 281 g/mol. The van der Waals surface area contributed by atoms with E-state index in [1.807, 2.05) is 0 Å². The van der Waals surface area contributed by atoms with Gasteiger partial charge in [-0.2, -0.15) is 13.1 Å². The van der Waals surface area contributed by atoms with Crippen LogP contribution in [0.5, 0.6) is 0 Å². The van der Waals surface area contributed by atoms with Gasteiger partial charge in [0, 0.05) is 25.8 Å². The molecule has 1 aliphatic heterocycles. The number of carboxylic acids is 1. The predicted molar refractivity (Wildman–Crippen MR) is 64.1 cm³/mol. The zero-order valence-electron chi connectivity index (χ0n) is 9.96. The van der Waals surface area contributed by atoms with Crippen LogP contribution in [0.4, 0.5) is 0 Å². The molecule has 0 aromatic rings. The van der Waals surface area contributed by atoms with Gasteiger partial charge in [-0.05, 0) is 19.3 Å². The van der Waals surface area contributed by atoms with Crippen LogP contribution in [0.3, 0.4) is 0 Å². The lowest BCUT2D eigenvalue weighted by molar-refractivity contribution is -0.138. The molecule has 1 fully saturated rings. The lowest BCUT2D eigenvalue weighted by atomic mass is 10.1. The molecule has 1 aliphatic rings. The highest BCUT2D eigenvalue weighted by molar-refractivity contribution is 7.87. The van der Waals surface area contributed by atoms with Crippen molar-refractivity contribution in [3.63, 3.8) is 0 Å². The normalized spacial score (nSPS) is 19.6. The number of nitrogens with one attached hydrogen (secondary N) is 2. The molecular formula is C9H19N3O5S. The van der Waals surface area contributed by atoms with Gasteiger partial charge >= 0.3 is 5.97 Å². The third-order valence-corrected chi connectivity index (χ3v) is 3.84. The van der Waals surface area contributed by atoms with Gasteiger partial charge in [-0.15, -0.1) is 0 Å². The van der Waals surface area contributed by atoms with Gasteiger partial charge < -0.3 is 15.6 Å². The average molecular weight is 281 g/mol. The Morgan fingerprint density at radius 2 is 2.06 bits per heavy atom. The zero-order chi connectivity index (χ0) is 13.6. The predicted octanol–water partition coefficient (Wildman–Crippen LogP) is -1.61. The minimum Gasteiger partial charge on any atom is -0.480 e. The summed E-state index contributed by atoms with van der Waals surface area (Å²) in [4.78, 5) is 10.4. The maximum atomic E-state index is 11.6. The molecule has 0 aliphatic carbocycles. The second-order valence-corrected chi connectivity index (χ2v) is 5.67. The van der Waals surface area contributed by atoms with Crippen molar-refractivity contribution >= 4 is 16.2 Å². The van der Waals surface area contributed by atoms with E-state index in [1.165, 1.54) is 0 Å². The molecular weight excluding hydrogens is 262 g/mol. The highest BCUT2D eigenvalue weighted by Gasteiger charge is 2.20. The van der Waals surface area contributed by atoms with E-state index in [2.05, 4.69) is 9.44 Å². The maximum absolute atomic E-state index is 11.6. The second-order valence-electron chi connectivity index (χ2n) is 4.14. The third-order valence-electron chi connectivity index (χ3n) is 2.61. The van der Waals surface area contributed by atoms with Gasteiger partial charge in [-0.1, -0.05) is 0 Å². The Hall–Kier alpha value is -0.740. The second kappa shape index (κ2) is 7.00. The molecule has 18 heavy (non-hydrogen) atoms. The first-order valence-electron chi connectivity index (χ1n) is 5.74. The quantitative estimate of drug-likeness (QED) is 0.444. The molecule has 0 amide bonds. The highest BCUT2D eigenvalue weighted by atomic mass is 32.2. The Kier molecular flexibility index (Phi) is 5.96. The van der Waals surface area contributed by atoms with Crippen LogP contribution >= 0.6 is 0 Å². The van der Waals surface area contributed by atoms with E-state index in [0.29, 0.717) is 26.1 Å². The van der Waals surface area contributed by atoms with Crippen LogP contribution in [0, 0.1) is 0 Å². The van der Waals surface area contributed by atoms with Gasteiger partial charge in [-0.25, -0.2) is 4.72 Å². The first-order valence-corrected chi connectivity index (χ1v) is 7.22. The molecule has 1 rings (SSSR count). The summed E-state index contributed by atoms with van der Waals surface area (Å²) in [5, 5.41) is 8.54. The number of aliphatic carboxylic acids is 1. The largest absolute Gasteiger partial charge is 0.480 e. The van der Waals surface area contributed by atoms with Crippen molar-refractivity contribution in [3.8, 4) is 0 Å². The summed E-state index contributed by atoms with van der Waals surface area (Å²) in [7, 11) is -3.61.